The van der Waals surface area contributed by atoms with Crippen molar-refractivity contribution in [2.24, 2.45) is 0 Å². The summed E-state index contributed by atoms with van der Waals surface area (Å²) < 4.78 is 0. The van der Waals surface area contributed by atoms with Crippen LogP contribution in [-0.2, 0) is 0 Å². The van der Waals surface area contributed by atoms with E-state index in [1.807, 2.05) is 13.1 Å². The molecule has 1 rings (SSSR count). The summed E-state index contributed by atoms with van der Waals surface area (Å²) in [7, 11) is 3.97. The number of unbranched alkanes of at least 4 members (excludes halogenated alkanes) is 1. The molecular weight excluding hydrogens is 240 g/mol. The van der Waals surface area contributed by atoms with Crippen molar-refractivity contribution in [3.05, 3.63) is 6.07 Å². The molecular formula is C13H26N6. The molecule has 0 saturated carbocycles. The molecule has 0 fully saturated rings. The number of nitrogens with zero attached hydrogens (tertiary/aromatic N) is 3. The number of nitrogens with one attached hydrogen (secondary N) is 2. The van der Waals surface area contributed by atoms with Gasteiger partial charge in [0.2, 0.25) is 5.95 Å². The van der Waals surface area contributed by atoms with Crippen molar-refractivity contribution in [2.45, 2.75) is 32.7 Å². The summed E-state index contributed by atoms with van der Waals surface area (Å²) >= 11 is 0. The molecule has 0 aromatic carbocycles. The first-order chi connectivity index (χ1) is 9.02. The number of hydrogen-bond acceptors (Lipinski definition) is 6. The first-order valence-corrected chi connectivity index (χ1v) is 6.79. The van der Waals surface area contributed by atoms with Crippen molar-refractivity contribution >= 4 is 17.6 Å². The molecule has 0 atom stereocenters. The van der Waals surface area contributed by atoms with Gasteiger partial charge in [-0.2, -0.15) is 9.97 Å². The number of nitrogens with two attached hydrogens (primary N) is 1. The second kappa shape index (κ2) is 7.78. The molecule has 0 amide bonds. The van der Waals surface area contributed by atoms with Gasteiger partial charge in [-0.3, -0.25) is 0 Å². The lowest BCUT2D eigenvalue weighted by atomic mass is 10.2. The van der Waals surface area contributed by atoms with E-state index in [2.05, 4.69) is 46.4 Å². The lowest BCUT2D eigenvalue weighted by Gasteiger charge is -2.20. The topological polar surface area (TPSA) is 79.1 Å². The lowest BCUT2D eigenvalue weighted by Crippen LogP contribution is -2.27. The third-order valence-corrected chi connectivity index (χ3v) is 3.12. The Kier molecular flexibility index (Phi) is 6.35. The molecule has 1 heterocycles. The minimum absolute atomic E-state index is 0.286. The van der Waals surface area contributed by atoms with E-state index in [-0.39, 0.29) is 5.95 Å². The van der Waals surface area contributed by atoms with Gasteiger partial charge in [-0.05, 0) is 40.3 Å². The maximum absolute atomic E-state index is 5.63. The molecule has 0 aliphatic carbocycles. The van der Waals surface area contributed by atoms with E-state index in [1.165, 1.54) is 6.42 Å². The number of hydrogen-bond donors (Lipinski definition) is 3. The zero-order valence-corrected chi connectivity index (χ0v) is 12.4. The molecule has 0 saturated heterocycles. The van der Waals surface area contributed by atoms with Gasteiger partial charge >= 0.3 is 0 Å². The van der Waals surface area contributed by atoms with Crippen molar-refractivity contribution in [3.63, 3.8) is 0 Å². The van der Waals surface area contributed by atoms with Crippen LogP contribution in [0.15, 0.2) is 6.07 Å². The van der Waals surface area contributed by atoms with Crippen LogP contribution in [0.2, 0.25) is 0 Å². The lowest BCUT2D eigenvalue weighted by molar-refractivity contribution is 0.269. The van der Waals surface area contributed by atoms with E-state index >= 15 is 0 Å². The van der Waals surface area contributed by atoms with E-state index < -0.39 is 0 Å². The van der Waals surface area contributed by atoms with Gasteiger partial charge in [0.25, 0.3) is 0 Å². The van der Waals surface area contributed by atoms with Crippen LogP contribution < -0.4 is 16.4 Å². The zero-order valence-electron chi connectivity index (χ0n) is 12.4. The van der Waals surface area contributed by atoms with Gasteiger partial charge in [0.1, 0.15) is 11.6 Å². The van der Waals surface area contributed by atoms with Crippen molar-refractivity contribution in [1.29, 1.82) is 0 Å². The van der Waals surface area contributed by atoms with Crippen LogP contribution in [0, 0.1) is 0 Å². The molecule has 1 aromatic heterocycles. The molecule has 6 nitrogen and oxygen atoms in total. The Hall–Kier alpha value is -1.56. The summed E-state index contributed by atoms with van der Waals surface area (Å²) in [5.41, 5.74) is 5.63. The van der Waals surface area contributed by atoms with Crippen LogP contribution in [0.25, 0.3) is 0 Å². The van der Waals surface area contributed by atoms with Gasteiger partial charge in [0, 0.05) is 25.7 Å². The highest BCUT2D eigenvalue weighted by molar-refractivity contribution is 5.50. The summed E-state index contributed by atoms with van der Waals surface area (Å²) in [4.78, 5) is 10.5. The molecule has 6 heteroatoms. The second-order valence-corrected chi connectivity index (χ2v) is 4.95. The fraction of sp³-hybridized carbons (Fsp3) is 0.692. The summed E-state index contributed by atoms with van der Waals surface area (Å²) in [5.74, 6) is 1.79. The number of aromatic nitrogens is 2. The molecule has 0 aliphatic rings. The Bertz CT molecular complexity index is 379. The Labute approximate surface area is 115 Å². The summed E-state index contributed by atoms with van der Waals surface area (Å²) in [6.45, 7) is 6.43. The third kappa shape index (κ3) is 5.74. The molecule has 0 aliphatic heterocycles. The highest BCUT2D eigenvalue weighted by atomic mass is 15.1. The predicted molar refractivity (Wildman–Crippen MR) is 81.5 cm³/mol. The van der Waals surface area contributed by atoms with Gasteiger partial charge in [0.15, 0.2) is 0 Å². The first kappa shape index (κ1) is 15.5. The molecule has 0 unspecified atom stereocenters. The fourth-order valence-corrected chi connectivity index (χ4v) is 1.65. The highest BCUT2D eigenvalue weighted by Gasteiger charge is 2.03. The number of nitrogen functional groups attached to an aromatic ring is 1. The van der Waals surface area contributed by atoms with Gasteiger partial charge in [-0.25, -0.2) is 0 Å². The molecule has 0 radical (unpaired) electrons. The van der Waals surface area contributed by atoms with E-state index in [0.717, 1.165) is 31.1 Å². The van der Waals surface area contributed by atoms with E-state index in [4.69, 9.17) is 5.73 Å². The summed E-state index contributed by atoms with van der Waals surface area (Å²) in [6, 6.07) is 2.46. The van der Waals surface area contributed by atoms with Crippen LogP contribution in [-0.4, -0.2) is 48.1 Å². The van der Waals surface area contributed by atoms with Crippen LogP contribution in [0.1, 0.15) is 26.7 Å². The standard InChI is InChI=1S/C13H26N6/c1-10(2)19(4)8-6-5-7-16-12-9-11(15-3)17-13(14)18-12/h9-10H,5-8H2,1-4H3,(H4,14,15,16,17,18). The van der Waals surface area contributed by atoms with Crippen LogP contribution in [0.5, 0.6) is 0 Å². The molecule has 0 bridgehead atoms. The van der Waals surface area contributed by atoms with Crippen LogP contribution in [0.4, 0.5) is 17.6 Å². The van der Waals surface area contributed by atoms with Crippen molar-refractivity contribution in [1.82, 2.24) is 14.9 Å². The van der Waals surface area contributed by atoms with E-state index in [0.29, 0.717) is 6.04 Å². The van der Waals surface area contributed by atoms with Gasteiger partial charge in [-0.15, -0.1) is 0 Å². The monoisotopic (exact) mass is 266 g/mol. The van der Waals surface area contributed by atoms with Crippen molar-refractivity contribution in [2.75, 3.05) is 43.6 Å². The van der Waals surface area contributed by atoms with Crippen molar-refractivity contribution in [3.8, 4) is 0 Å². The van der Waals surface area contributed by atoms with Crippen LogP contribution >= 0.6 is 0 Å². The number of anilines is 3. The summed E-state index contributed by atoms with van der Waals surface area (Å²) in [5, 5.41) is 6.23. The van der Waals surface area contributed by atoms with Gasteiger partial charge in [0.05, 0.1) is 0 Å². The van der Waals surface area contributed by atoms with E-state index in [1.54, 1.807) is 0 Å². The Morgan fingerprint density at radius 1 is 1.26 bits per heavy atom. The summed E-state index contributed by atoms with van der Waals surface area (Å²) in [6.07, 6.45) is 2.27. The smallest absolute Gasteiger partial charge is 0.223 e. The minimum Gasteiger partial charge on any atom is -0.373 e. The predicted octanol–water partition coefficient (Wildman–Crippen LogP) is 1.63. The zero-order chi connectivity index (χ0) is 14.3. The van der Waals surface area contributed by atoms with Crippen molar-refractivity contribution < 1.29 is 0 Å². The molecule has 1 aromatic rings. The maximum Gasteiger partial charge on any atom is 0.223 e. The van der Waals surface area contributed by atoms with Crippen LogP contribution in [0.3, 0.4) is 0 Å². The molecule has 19 heavy (non-hydrogen) atoms. The average Bonchev–Trinajstić information content (AvgIpc) is 2.37. The SMILES string of the molecule is CNc1cc(NCCCCN(C)C(C)C)nc(N)n1. The second-order valence-electron chi connectivity index (χ2n) is 4.95. The average molecular weight is 266 g/mol. The fourth-order valence-electron chi connectivity index (χ4n) is 1.65. The number of rotatable bonds is 8. The largest absolute Gasteiger partial charge is 0.373 e. The Morgan fingerprint density at radius 2 is 1.95 bits per heavy atom. The third-order valence-electron chi connectivity index (χ3n) is 3.12. The van der Waals surface area contributed by atoms with Gasteiger partial charge < -0.3 is 21.3 Å². The highest BCUT2D eigenvalue weighted by Crippen LogP contribution is 2.11. The van der Waals surface area contributed by atoms with Gasteiger partial charge in [-0.1, -0.05) is 0 Å². The Morgan fingerprint density at radius 3 is 2.58 bits per heavy atom. The van der Waals surface area contributed by atoms with E-state index in [9.17, 15) is 0 Å². The first-order valence-electron chi connectivity index (χ1n) is 6.79. The molecule has 4 N–H and O–H groups in total. The maximum atomic E-state index is 5.63. The quantitative estimate of drug-likeness (QED) is 0.621. The molecule has 108 valence electrons. The normalized spacial score (nSPS) is 11.1. The Balaban J connectivity index is 2.28. The molecule has 0 spiro atoms. The minimum atomic E-state index is 0.286.